The summed E-state index contributed by atoms with van der Waals surface area (Å²) in [5.74, 6) is 0.754. The van der Waals surface area contributed by atoms with Crippen molar-refractivity contribution in [1.82, 2.24) is 4.90 Å². The molecule has 0 saturated carbocycles. The van der Waals surface area contributed by atoms with Gasteiger partial charge in [0.25, 0.3) is 0 Å². The molecule has 2 aliphatic rings. The lowest BCUT2D eigenvalue weighted by atomic mass is 9.69. The number of piperidine rings is 1. The van der Waals surface area contributed by atoms with Crippen molar-refractivity contribution in [2.24, 2.45) is 5.92 Å². The molecule has 3 rings (SSSR count). The Hall–Kier alpha value is -1.02. The van der Waals surface area contributed by atoms with E-state index in [9.17, 15) is 0 Å². The summed E-state index contributed by atoms with van der Waals surface area (Å²) < 4.78 is 0. The van der Waals surface area contributed by atoms with Crippen molar-refractivity contribution in [3.05, 3.63) is 29.8 Å². The third kappa shape index (κ3) is 1.50. The summed E-state index contributed by atoms with van der Waals surface area (Å²) in [5, 5.41) is 3.55. The summed E-state index contributed by atoms with van der Waals surface area (Å²) in [6.07, 6.45) is 3.94. The Kier molecular flexibility index (Phi) is 2.62. The number of anilines is 1. The fraction of sp³-hybridized carbons (Fsp3) is 0.600. The molecule has 2 heterocycles. The van der Waals surface area contributed by atoms with Crippen LogP contribution in [0.4, 0.5) is 5.69 Å². The Bertz CT molecular complexity index is 403. The van der Waals surface area contributed by atoms with E-state index >= 15 is 0 Å². The van der Waals surface area contributed by atoms with Crippen molar-refractivity contribution in [1.29, 1.82) is 0 Å². The number of fused-ring (bicyclic) bond motifs is 2. The molecule has 1 saturated heterocycles. The largest absolute Gasteiger partial charge is 0.385 e. The van der Waals surface area contributed by atoms with Gasteiger partial charge in [-0.25, -0.2) is 0 Å². The van der Waals surface area contributed by atoms with E-state index in [-0.39, 0.29) is 5.54 Å². The van der Waals surface area contributed by atoms with E-state index in [0.717, 1.165) is 12.5 Å². The van der Waals surface area contributed by atoms with Crippen LogP contribution >= 0.6 is 0 Å². The highest BCUT2D eigenvalue weighted by atomic mass is 15.2. The van der Waals surface area contributed by atoms with Gasteiger partial charge in [-0.05, 0) is 50.4 Å². The van der Waals surface area contributed by atoms with Crippen molar-refractivity contribution in [2.45, 2.75) is 31.7 Å². The van der Waals surface area contributed by atoms with Crippen LogP contribution in [0.3, 0.4) is 0 Å². The molecule has 0 bridgehead atoms. The van der Waals surface area contributed by atoms with E-state index in [1.807, 2.05) is 0 Å². The minimum atomic E-state index is 0.278. The number of likely N-dealkylation sites (tertiary alicyclic amines) is 1. The molecule has 1 spiro atoms. The molecular formula is C15H22N2. The minimum absolute atomic E-state index is 0.278. The van der Waals surface area contributed by atoms with Gasteiger partial charge in [-0.15, -0.1) is 0 Å². The maximum atomic E-state index is 3.55. The van der Waals surface area contributed by atoms with Gasteiger partial charge in [0, 0.05) is 12.2 Å². The fourth-order valence-electron chi connectivity index (χ4n) is 3.89. The van der Waals surface area contributed by atoms with Gasteiger partial charge in [-0.3, -0.25) is 4.90 Å². The third-order valence-electron chi connectivity index (χ3n) is 4.84. The quantitative estimate of drug-likeness (QED) is 0.737. The first kappa shape index (κ1) is 11.1. The molecule has 0 aromatic heterocycles. The zero-order valence-electron chi connectivity index (χ0n) is 10.9. The summed E-state index contributed by atoms with van der Waals surface area (Å²) in [7, 11) is 2.30. The van der Waals surface area contributed by atoms with Crippen LogP contribution in [0.25, 0.3) is 0 Å². The Morgan fingerprint density at radius 1 is 1.35 bits per heavy atom. The van der Waals surface area contributed by atoms with Crippen LogP contribution in [0.15, 0.2) is 24.3 Å². The summed E-state index contributed by atoms with van der Waals surface area (Å²) in [6.45, 7) is 4.77. The number of nitrogens with one attached hydrogen (secondary N) is 1. The van der Waals surface area contributed by atoms with E-state index in [1.165, 1.54) is 37.1 Å². The molecule has 0 aliphatic carbocycles. The monoisotopic (exact) mass is 230 g/mol. The second-order valence-electron chi connectivity index (χ2n) is 5.61. The van der Waals surface area contributed by atoms with Gasteiger partial charge in [0.05, 0.1) is 5.54 Å². The topological polar surface area (TPSA) is 15.3 Å². The molecule has 1 aromatic carbocycles. The van der Waals surface area contributed by atoms with Crippen molar-refractivity contribution in [3.8, 4) is 0 Å². The molecule has 0 radical (unpaired) electrons. The van der Waals surface area contributed by atoms with Crippen LogP contribution in [-0.4, -0.2) is 25.0 Å². The van der Waals surface area contributed by atoms with Gasteiger partial charge >= 0.3 is 0 Å². The van der Waals surface area contributed by atoms with Crippen molar-refractivity contribution >= 4 is 5.69 Å². The second kappa shape index (κ2) is 4.02. The molecular weight excluding hydrogens is 208 g/mol. The molecule has 17 heavy (non-hydrogen) atoms. The molecule has 1 fully saturated rings. The van der Waals surface area contributed by atoms with Crippen LogP contribution in [-0.2, 0) is 5.54 Å². The first-order valence-electron chi connectivity index (χ1n) is 6.80. The highest BCUT2D eigenvalue weighted by Crippen LogP contribution is 2.48. The average Bonchev–Trinajstić information content (AvgIpc) is 2.36. The first-order valence-corrected chi connectivity index (χ1v) is 6.80. The van der Waals surface area contributed by atoms with Gasteiger partial charge in [-0.1, -0.05) is 25.1 Å². The van der Waals surface area contributed by atoms with Crippen LogP contribution in [0.2, 0.25) is 0 Å². The van der Waals surface area contributed by atoms with Crippen LogP contribution < -0.4 is 5.32 Å². The Labute approximate surface area is 104 Å². The minimum Gasteiger partial charge on any atom is -0.385 e. The van der Waals surface area contributed by atoms with E-state index in [2.05, 4.69) is 48.5 Å². The summed E-state index contributed by atoms with van der Waals surface area (Å²) in [6, 6.07) is 8.87. The average molecular weight is 230 g/mol. The number of hydrogen-bond donors (Lipinski definition) is 1. The van der Waals surface area contributed by atoms with Crippen molar-refractivity contribution in [3.63, 3.8) is 0 Å². The number of hydrogen-bond acceptors (Lipinski definition) is 2. The zero-order chi connectivity index (χ0) is 11.9. The summed E-state index contributed by atoms with van der Waals surface area (Å²) in [4.78, 5) is 2.60. The Morgan fingerprint density at radius 2 is 2.18 bits per heavy atom. The van der Waals surface area contributed by atoms with Crippen molar-refractivity contribution in [2.75, 3.05) is 25.5 Å². The lowest BCUT2D eigenvalue weighted by Gasteiger charge is -2.53. The number of rotatable bonds is 0. The second-order valence-corrected chi connectivity index (χ2v) is 5.61. The van der Waals surface area contributed by atoms with Crippen LogP contribution in [0.1, 0.15) is 31.7 Å². The molecule has 2 nitrogen and oxygen atoms in total. The van der Waals surface area contributed by atoms with Gasteiger partial charge in [0.1, 0.15) is 0 Å². The lowest BCUT2D eigenvalue weighted by Crippen LogP contribution is -2.54. The van der Waals surface area contributed by atoms with Gasteiger partial charge in [0.2, 0.25) is 0 Å². The molecule has 0 amide bonds. The lowest BCUT2D eigenvalue weighted by molar-refractivity contribution is 0.0116. The zero-order valence-corrected chi connectivity index (χ0v) is 10.9. The van der Waals surface area contributed by atoms with Gasteiger partial charge in [0.15, 0.2) is 0 Å². The predicted molar refractivity (Wildman–Crippen MR) is 72.3 cm³/mol. The van der Waals surface area contributed by atoms with E-state index in [0.29, 0.717) is 0 Å². The molecule has 1 N–H and O–H groups in total. The molecule has 92 valence electrons. The maximum absolute atomic E-state index is 3.55. The SMILES string of the molecule is CC1CCCN(C)C12CCNc1ccccc12. The number of benzene rings is 1. The fourth-order valence-corrected chi connectivity index (χ4v) is 3.89. The smallest absolute Gasteiger partial charge is 0.0520 e. The first-order chi connectivity index (χ1) is 8.25. The molecule has 2 atom stereocenters. The van der Waals surface area contributed by atoms with Crippen LogP contribution in [0, 0.1) is 5.92 Å². The highest BCUT2D eigenvalue weighted by Gasteiger charge is 2.45. The highest BCUT2D eigenvalue weighted by molar-refractivity contribution is 5.57. The van der Waals surface area contributed by atoms with E-state index in [4.69, 9.17) is 0 Å². The maximum Gasteiger partial charge on any atom is 0.0520 e. The normalized spacial score (nSPS) is 33.2. The van der Waals surface area contributed by atoms with E-state index < -0.39 is 0 Å². The van der Waals surface area contributed by atoms with Gasteiger partial charge in [-0.2, -0.15) is 0 Å². The molecule has 2 unspecified atom stereocenters. The van der Waals surface area contributed by atoms with E-state index in [1.54, 1.807) is 0 Å². The number of nitrogens with zero attached hydrogens (tertiary/aromatic N) is 1. The third-order valence-corrected chi connectivity index (χ3v) is 4.84. The van der Waals surface area contributed by atoms with Crippen molar-refractivity contribution < 1.29 is 0 Å². The summed E-state index contributed by atoms with van der Waals surface area (Å²) in [5.41, 5.74) is 3.14. The van der Waals surface area contributed by atoms with Crippen LogP contribution in [0.5, 0.6) is 0 Å². The molecule has 1 aromatic rings. The Morgan fingerprint density at radius 3 is 3.00 bits per heavy atom. The van der Waals surface area contributed by atoms with Gasteiger partial charge < -0.3 is 5.32 Å². The predicted octanol–water partition coefficient (Wildman–Crippen LogP) is 3.06. The Balaban J connectivity index is 2.13. The molecule has 2 heteroatoms. The molecule has 2 aliphatic heterocycles. The standard InChI is InChI=1S/C15H22N2/c1-12-6-5-11-17(2)15(12)9-10-16-14-8-4-3-7-13(14)15/h3-4,7-8,12,16H,5-6,9-11H2,1-2H3. The summed E-state index contributed by atoms with van der Waals surface area (Å²) >= 11 is 0. The number of para-hydroxylation sites is 1.